The van der Waals surface area contributed by atoms with Crippen molar-refractivity contribution >= 4 is 34.2 Å². The fraction of sp³-hybridized carbons (Fsp3) is 0.222. The molecular formula is C9H8ClIN2. The van der Waals surface area contributed by atoms with Crippen LogP contribution >= 0.6 is 34.2 Å². The number of nitrogens with two attached hydrogens (primary N) is 1. The molecule has 1 rings (SSSR count). The van der Waals surface area contributed by atoms with E-state index >= 15 is 0 Å². The van der Waals surface area contributed by atoms with Gasteiger partial charge in [0.25, 0.3) is 0 Å². The van der Waals surface area contributed by atoms with Crippen molar-refractivity contribution in [1.29, 1.82) is 5.26 Å². The van der Waals surface area contributed by atoms with Gasteiger partial charge in [-0.05, 0) is 34.7 Å². The lowest BCUT2D eigenvalue weighted by molar-refractivity contribution is 0.744. The Hall–Kier alpha value is -0.310. The number of halogens is 2. The van der Waals surface area contributed by atoms with Crippen LogP contribution < -0.4 is 5.73 Å². The van der Waals surface area contributed by atoms with Crippen LogP contribution in [0.4, 0.5) is 0 Å². The van der Waals surface area contributed by atoms with Crippen LogP contribution in [0.2, 0.25) is 5.02 Å². The zero-order chi connectivity index (χ0) is 9.84. The van der Waals surface area contributed by atoms with Gasteiger partial charge in [-0.1, -0.05) is 17.7 Å². The first kappa shape index (κ1) is 10.8. The molecule has 0 heterocycles. The van der Waals surface area contributed by atoms with Crippen molar-refractivity contribution in [3.05, 3.63) is 32.4 Å². The van der Waals surface area contributed by atoms with E-state index in [0.29, 0.717) is 11.4 Å². The van der Waals surface area contributed by atoms with Gasteiger partial charge in [-0.25, -0.2) is 0 Å². The Balaban J connectivity index is 3.06. The molecule has 1 aromatic carbocycles. The number of rotatable bonds is 2. The van der Waals surface area contributed by atoms with Crippen molar-refractivity contribution in [1.82, 2.24) is 0 Å². The highest BCUT2D eigenvalue weighted by atomic mass is 127. The van der Waals surface area contributed by atoms with Crippen molar-refractivity contribution in [2.24, 2.45) is 5.73 Å². The highest BCUT2D eigenvalue weighted by Gasteiger charge is 2.12. The summed E-state index contributed by atoms with van der Waals surface area (Å²) in [5.41, 5.74) is 6.66. The molecule has 13 heavy (non-hydrogen) atoms. The second-order valence-corrected chi connectivity index (χ2v) is 4.17. The molecule has 4 heteroatoms. The van der Waals surface area contributed by atoms with E-state index in [2.05, 4.69) is 22.6 Å². The van der Waals surface area contributed by atoms with Gasteiger partial charge < -0.3 is 5.73 Å². The molecule has 68 valence electrons. The molecule has 0 fully saturated rings. The van der Waals surface area contributed by atoms with E-state index in [9.17, 15) is 0 Å². The summed E-state index contributed by atoms with van der Waals surface area (Å²) in [6, 6.07) is 7.33. The summed E-state index contributed by atoms with van der Waals surface area (Å²) in [6.07, 6.45) is 0.291. The van der Waals surface area contributed by atoms with Crippen LogP contribution in [0.5, 0.6) is 0 Å². The SMILES string of the molecule is N#CC[C@H](N)c1c(Cl)cccc1I. The fourth-order valence-corrected chi connectivity index (χ4v) is 2.44. The Labute approximate surface area is 95.8 Å². The predicted molar refractivity (Wildman–Crippen MR) is 61.3 cm³/mol. The molecule has 2 N–H and O–H groups in total. The summed E-state index contributed by atoms with van der Waals surface area (Å²) in [4.78, 5) is 0. The highest BCUT2D eigenvalue weighted by molar-refractivity contribution is 14.1. The summed E-state index contributed by atoms with van der Waals surface area (Å²) >= 11 is 8.13. The summed E-state index contributed by atoms with van der Waals surface area (Å²) in [5, 5.41) is 9.14. The quantitative estimate of drug-likeness (QED) is 0.854. The first-order valence-corrected chi connectivity index (χ1v) is 5.19. The third-order valence-electron chi connectivity index (χ3n) is 1.68. The summed E-state index contributed by atoms with van der Waals surface area (Å²) in [7, 11) is 0. The Morgan fingerprint density at radius 1 is 1.62 bits per heavy atom. The Morgan fingerprint density at radius 3 is 2.85 bits per heavy atom. The summed E-state index contributed by atoms with van der Waals surface area (Å²) in [5.74, 6) is 0. The smallest absolute Gasteiger partial charge is 0.0641 e. The molecule has 1 aromatic rings. The van der Waals surface area contributed by atoms with E-state index in [1.807, 2.05) is 18.2 Å². The Kier molecular flexibility index (Phi) is 3.97. The van der Waals surface area contributed by atoms with Crippen LogP contribution in [0, 0.1) is 14.9 Å². The van der Waals surface area contributed by atoms with Crippen LogP contribution in [0.25, 0.3) is 0 Å². The molecule has 1 atom stereocenters. The lowest BCUT2D eigenvalue weighted by Crippen LogP contribution is -2.11. The molecule has 0 aliphatic carbocycles. The van der Waals surface area contributed by atoms with Gasteiger partial charge in [0.2, 0.25) is 0 Å². The Morgan fingerprint density at radius 2 is 2.31 bits per heavy atom. The predicted octanol–water partition coefficient (Wildman–Crippen LogP) is 2.86. The maximum atomic E-state index is 8.50. The molecule has 0 spiro atoms. The van der Waals surface area contributed by atoms with Crippen molar-refractivity contribution in [2.45, 2.75) is 12.5 Å². The molecule has 0 aliphatic rings. The number of benzene rings is 1. The average molecular weight is 307 g/mol. The maximum absolute atomic E-state index is 8.50. The van der Waals surface area contributed by atoms with Gasteiger partial charge in [0.15, 0.2) is 0 Å². The number of nitrogens with zero attached hydrogens (tertiary/aromatic N) is 1. The monoisotopic (exact) mass is 306 g/mol. The Bertz CT molecular complexity index is 326. The van der Waals surface area contributed by atoms with Crippen molar-refractivity contribution in [2.75, 3.05) is 0 Å². The molecule has 0 amide bonds. The lowest BCUT2D eigenvalue weighted by atomic mass is 10.1. The van der Waals surface area contributed by atoms with Gasteiger partial charge in [-0.15, -0.1) is 0 Å². The first-order chi connectivity index (χ1) is 6.16. The number of nitriles is 1. The van der Waals surface area contributed by atoms with Crippen LogP contribution in [-0.2, 0) is 0 Å². The summed E-state index contributed by atoms with van der Waals surface area (Å²) in [6.45, 7) is 0. The van der Waals surface area contributed by atoms with Gasteiger partial charge in [-0.2, -0.15) is 5.26 Å². The van der Waals surface area contributed by atoms with Crippen molar-refractivity contribution in [3.63, 3.8) is 0 Å². The van der Waals surface area contributed by atoms with Crippen LogP contribution in [0.15, 0.2) is 18.2 Å². The highest BCUT2D eigenvalue weighted by Crippen LogP contribution is 2.27. The van der Waals surface area contributed by atoms with Crippen LogP contribution in [-0.4, -0.2) is 0 Å². The zero-order valence-corrected chi connectivity index (χ0v) is 9.71. The second kappa shape index (κ2) is 4.80. The third kappa shape index (κ3) is 2.56. The van der Waals surface area contributed by atoms with E-state index in [4.69, 9.17) is 22.6 Å². The van der Waals surface area contributed by atoms with Gasteiger partial charge in [-0.3, -0.25) is 0 Å². The van der Waals surface area contributed by atoms with E-state index < -0.39 is 0 Å². The number of hydrogen-bond donors (Lipinski definition) is 1. The molecule has 0 unspecified atom stereocenters. The van der Waals surface area contributed by atoms with Gasteiger partial charge in [0, 0.05) is 20.2 Å². The largest absolute Gasteiger partial charge is 0.323 e. The third-order valence-corrected chi connectivity index (χ3v) is 2.95. The zero-order valence-electron chi connectivity index (χ0n) is 6.80. The molecule has 0 radical (unpaired) electrons. The molecule has 0 aromatic heterocycles. The topological polar surface area (TPSA) is 49.8 Å². The van der Waals surface area contributed by atoms with Crippen LogP contribution in [0.1, 0.15) is 18.0 Å². The van der Waals surface area contributed by atoms with E-state index in [-0.39, 0.29) is 6.04 Å². The van der Waals surface area contributed by atoms with Crippen LogP contribution in [0.3, 0.4) is 0 Å². The molecule has 0 bridgehead atoms. The van der Waals surface area contributed by atoms with Gasteiger partial charge >= 0.3 is 0 Å². The minimum atomic E-state index is -0.286. The van der Waals surface area contributed by atoms with Crippen molar-refractivity contribution < 1.29 is 0 Å². The van der Waals surface area contributed by atoms with Gasteiger partial charge in [0.1, 0.15) is 0 Å². The van der Waals surface area contributed by atoms with Crippen molar-refractivity contribution in [3.8, 4) is 6.07 Å². The average Bonchev–Trinajstić information content (AvgIpc) is 2.04. The minimum Gasteiger partial charge on any atom is -0.323 e. The maximum Gasteiger partial charge on any atom is 0.0641 e. The number of hydrogen-bond acceptors (Lipinski definition) is 2. The first-order valence-electron chi connectivity index (χ1n) is 3.73. The summed E-state index contributed by atoms with van der Waals surface area (Å²) < 4.78 is 1.01. The second-order valence-electron chi connectivity index (χ2n) is 2.60. The minimum absolute atomic E-state index is 0.286. The molecule has 2 nitrogen and oxygen atoms in total. The molecule has 0 aliphatic heterocycles. The standard InChI is InChI=1S/C9H8ClIN2/c10-6-2-1-3-7(11)9(6)8(13)4-5-12/h1-3,8H,4,13H2/t8-/m0/s1. The van der Waals surface area contributed by atoms with E-state index in [1.54, 1.807) is 6.07 Å². The molecule has 0 saturated heterocycles. The van der Waals surface area contributed by atoms with E-state index in [1.165, 1.54) is 0 Å². The fourth-order valence-electron chi connectivity index (χ4n) is 1.07. The molecule has 0 saturated carbocycles. The van der Waals surface area contributed by atoms with Gasteiger partial charge in [0.05, 0.1) is 12.5 Å². The normalized spacial score (nSPS) is 12.2. The lowest BCUT2D eigenvalue weighted by Gasteiger charge is -2.11. The van der Waals surface area contributed by atoms with E-state index in [0.717, 1.165) is 9.13 Å². The molecular weight excluding hydrogens is 298 g/mol.